The molecule has 7 nitrogen and oxygen atoms in total. The smallest absolute Gasteiger partial charge is 0.231 e. The second-order valence-electron chi connectivity index (χ2n) is 7.27. The van der Waals surface area contributed by atoms with Gasteiger partial charge in [0.05, 0.1) is 17.3 Å². The van der Waals surface area contributed by atoms with Crippen molar-refractivity contribution in [3.63, 3.8) is 0 Å². The Morgan fingerprint density at radius 2 is 1.77 bits per heavy atom. The Kier molecular flexibility index (Phi) is 4.69. The molecule has 30 heavy (non-hydrogen) atoms. The van der Waals surface area contributed by atoms with E-state index >= 15 is 0 Å². The Morgan fingerprint density at radius 1 is 0.967 bits per heavy atom. The SMILES string of the molecule is O=C(Nc1ccc(-c2ccn[nH]2)cc1)C1CN(c2cc(-c3ccccc3)ncn2)C1. The van der Waals surface area contributed by atoms with E-state index in [1.807, 2.05) is 66.7 Å². The first kappa shape index (κ1) is 18.1. The van der Waals surface area contributed by atoms with Gasteiger partial charge >= 0.3 is 0 Å². The minimum atomic E-state index is -0.0626. The zero-order valence-corrected chi connectivity index (χ0v) is 16.2. The number of carbonyl (C=O) groups is 1. The molecule has 2 aromatic carbocycles. The molecule has 0 radical (unpaired) electrons. The zero-order chi connectivity index (χ0) is 20.3. The first-order chi connectivity index (χ1) is 14.8. The normalized spacial score (nSPS) is 13.7. The molecule has 1 aliphatic rings. The molecule has 4 aromatic rings. The molecule has 1 saturated heterocycles. The fourth-order valence-electron chi connectivity index (χ4n) is 3.51. The highest BCUT2D eigenvalue weighted by atomic mass is 16.2. The van der Waals surface area contributed by atoms with Crippen LogP contribution >= 0.6 is 0 Å². The zero-order valence-electron chi connectivity index (χ0n) is 16.2. The lowest BCUT2D eigenvalue weighted by atomic mass is 9.98. The van der Waals surface area contributed by atoms with Crippen molar-refractivity contribution in [2.45, 2.75) is 0 Å². The van der Waals surface area contributed by atoms with Crippen LogP contribution < -0.4 is 10.2 Å². The highest BCUT2D eigenvalue weighted by Gasteiger charge is 2.33. The number of hydrogen-bond donors (Lipinski definition) is 2. The second-order valence-corrected chi connectivity index (χ2v) is 7.27. The summed E-state index contributed by atoms with van der Waals surface area (Å²) in [7, 11) is 0. The van der Waals surface area contributed by atoms with Crippen LogP contribution in [0.1, 0.15) is 0 Å². The van der Waals surface area contributed by atoms with Gasteiger partial charge in [-0.25, -0.2) is 9.97 Å². The van der Waals surface area contributed by atoms with E-state index in [0.717, 1.165) is 34.0 Å². The number of aromatic nitrogens is 4. The Hall–Kier alpha value is -4.00. The van der Waals surface area contributed by atoms with Gasteiger partial charge < -0.3 is 10.2 Å². The Morgan fingerprint density at radius 3 is 2.50 bits per heavy atom. The summed E-state index contributed by atoms with van der Waals surface area (Å²) in [6.07, 6.45) is 3.29. The number of rotatable bonds is 5. The van der Waals surface area contributed by atoms with Crippen LogP contribution in [0.15, 0.2) is 79.3 Å². The number of aromatic amines is 1. The molecule has 5 rings (SSSR count). The number of nitrogens with one attached hydrogen (secondary N) is 2. The largest absolute Gasteiger partial charge is 0.355 e. The third-order valence-electron chi connectivity index (χ3n) is 5.26. The highest BCUT2D eigenvalue weighted by molar-refractivity contribution is 5.94. The fraction of sp³-hybridized carbons (Fsp3) is 0.130. The molecule has 0 bridgehead atoms. The van der Waals surface area contributed by atoms with Crippen LogP contribution in [0.5, 0.6) is 0 Å². The molecular weight excluding hydrogens is 376 g/mol. The summed E-state index contributed by atoms with van der Waals surface area (Å²) in [4.78, 5) is 23.4. The van der Waals surface area contributed by atoms with E-state index in [1.165, 1.54) is 0 Å². The standard InChI is InChI=1S/C23H20N6O/c30-23(27-19-8-6-17(7-9-19)20-10-11-26-28-20)18-13-29(14-18)22-12-21(24-15-25-22)16-4-2-1-3-5-16/h1-12,15,18H,13-14H2,(H,26,28)(H,27,30). The molecule has 148 valence electrons. The van der Waals surface area contributed by atoms with E-state index in [-0.39, 0.29) is 11.8 Å². The predicted octanol–water partition coefficient (Wildman–Crippen LogP) is 3.61. The van der Waals surface area contributed by atoms with E-state index in [1.54, 1.807) is 12.5 Å². The average Bonchev–Trinajstić information content (AvgIpc) is 3.29. The van der Waals surface area contributed by atoms with Gasteiger partial charge in [0.15, 0.2) is 0 Å². The highest BCUT2D eigenvalue weighted by Crippen LogP contribution is 2.27. The molecule has 1 amide bonds. The van der Waals surface area contributed by atoms with Crippen molar-refractivity contribution in [3.8, 4) is 22.5 Å². The van der Waals surface area contributed by atoms with Crippen molar-refractivity contribution in [1.29, 1.82) is 0 Å². The molecular formula is C23H20N6O. The van der Waals surface area contributed by atoms with Crippen molar-refractivity contribution in [2.75, 3.05) is 23.3 Å². The summed E-state index contributed by atoms with van der Waals surface area (Å²) < 4.78 is 0. The topological polar surface area (TPSA) is 86.8 Å². The number of amides is 1. The van der Waals surface area contributed by atoms with Crippen LogP contribution in [-0.4, -0.2) is 39.2 Å². The van der Waals surface area contributed by atoms with Crippen LogP contribution in [0.2, 0.25) is 0 Å². The van der Waals surface area contributed by atoms with Gasteiger partial charge in [-0.1, -0.05) is 42.5 Å². The number of benzene rings is 2. The van der Waals surface area contributed by atoms with Gasteiger partial charge in [-0.3, -0.25) is 9.89 Å². The van der Waals surface area contributed by atoms with E-state index in [2.05, 4.69) is 30.4 Å². The lowest BCUT2D eigenvalue weighted by Gasteiger charge is -2.39. The summed E-state index contributed by atoms with van der Waals surface area (Å²) in [5.41, 5.74) is 4.69. The van der Waals surface area contributed by atoms with Crippen molar-refractivity contribution in [2.24, 2.45) is 5.92 Å². The summed E-state index contributed by atoms with van der Waals surface area (Å²) in [6.45, 7) is 1.28. The van der Waals surface area contributed by atoms with Gasteiger partial charge in [-0.05, 0) is 23.8 Å². The summed E-state index contributed by atoms with van der Waals surface area (Å²) >= 11 is 0. The van der Waals surface area contributed by atoms with Crippen molar-refractivity contribution in [1.82, 2.24) is 20.2 Å². The molecule has 0 aliphatic carbocycles. The first-order valence-electron chi connectivity index (χ1n) is 9.79. The average molecular weight is 396 g/mol. The van der Waals surface area contributed by atoms with Gasteiger partial charge in [0.2, 0.25) is 5.91 Å². The maximum atomic E-state index is 12.6. The Bertz CT molecular complexity index is 1140. The van der Waals surface area contributed by atoms with E-state index in [4.69, 9.17) is 0 Å². The fourth-order valence-corrected chi connectivity index (χ4v) is 3.51. The molecule has 0 atom stereocenters. The molecule has 3 heterocycles. The number of hydrogen-bond acceptors (Lipinski definition) is 5. The molecule has 1 fully saturated rings. The third-order valence-corrected chi connectivity index (χ3v) is 5.26. The van der Waals surface area contributed by atoms with E-state index in [0.29, 0.717) is 13.1 Å². The van der Waals surface area contributed by atoms with Crippen LogP contribution in [0.4, 0.5) is 11.5 Å². The second kappa shape index (κ2) is 7.79. The van der Waals surface area contributed by atoms with Crippen LogP contribution in [0.25, 0.3) is 22.5 Å². The lowest BCUT2D eigenvalue weighted by molar-refractivity contribution is -0.120. The lowest BCUT2D eigenvalue weighted by Crippen LogP contribution is -2.52. The van der Waals surface area contributed by atoms with Crippen LogP contribution in [0.3, 0.4) is 0 Å². The van der Waals surface area contributed by atoms with Crippen molar-refractivity contribution >= 4 is 17.4 Å². The summed E-state index contributed by atoms with van der Waals surface area (Å²) in [5.74, 6) is 0.808. The molecule has 2 N–H and O–H groups in total. The van der Waals surface area contributed by atoms with Gasteiger partial charge in [0.1, 0.15) is 12.1 Å². The van der Waals surface area contributed by atoms with E-state index < -0.39 is 0 Å². The minimum absolute atomic E-state index is 0.0258. The maximum Gasteiger partial charge on any atom is 0.231 e. The van der Waals surface area contributed by atoms with Gasteiger partial charge in [0.25, 0.3) is 0 Å². The molecule has 1 aliphatic heterocycles. The van der Waals surface area contributed by atoms with Crippen molar-refractivity contribution < 1.29 is 4.79 Å². The molecule has 7 heteroatoms. The van der Waals surface area contributed by atoms with Gasteiger partial charge in [-0.15, -0.1) is 0 Å². The first-order valence-corrected chi connectivity index (χ1v) is 9.79. The number of carbonyl (C=O) groups excluding carboxylic acids is 1. The minimum Gasteiger partial charge on any atom is -0.355 e. The summed E-state index contributed by atoms with van der Waals surface area (Å²) in [5, 5.41) is 9.89. The predicted molar refractivity (Wildman–Crippen MR) is 116 cm³/mol. The molecule has 2 aromatic heterocycles. The van der Waals surface area contributed by atoms with Gasteiger partial charge in [-0.2, -0.15) is 5.10 Å². The molecule has 0 saturated carbocycles. The van der Waals surface area contributed by atoms with Gasteiger partial charge in [0, 0.05) is 36.6 Å². The maximum absolute atomic E-state index is 12.6. The quantitative estimate of drug-likeness (QED) is 0.538. The number of nitrogens with zero attached hydrogens (tertiary/aromatic N) is 4. The van der Waals surface area contributed by atoms with Crippen LogP contribution in [-0.2, 0) is 4.79 Å². The Labute approximate surface area is 173 Å². The number of H-pyrrole nitrogens is 1. The molecule has 0 unspecified atom stereocenters. The summed E-state index contributed by atoms with van der Waals surface area (Å²) in [6, 6.07) is 21.6. The number of anilines is 2. The van der Waals surface area contributed by atoms with E-state index in [9.17, 15) is 4.79 Å². The van der Waals surface area contributed by atoms with Crippen LogP contribution in [0, 0.1) is 5.92 Å². The molecule has 0 spiro atoms. The van der Waals surface area contributed by atoms with Crippen molar-refractivity contribution in [3.05, 3.63) is 79.3 Å². The third kappa shape index (κ3) is 3.65. The Balaban J connectivity index is 1.19. The monoisotopic (exact) mass is 396 g/mol.